The number of hydrogen-bond acceptors (Lipinski definition) is 2. The summed E-state index contributed by atoms with van der Waals surface area (Å²) in [4.78, 5) is 12.3. The molecule has 0 unspecified atom stereocenters. The zero-order valence-electron chi connectivity index (χ0n) is 12.0. The first-order valence-corrected chi connectivity index (χ1v) is 7.31. The van der Waals surface area contributed by atoms with Crippen LogP contribution in [0.1, 0.15) is 41.8 Å². The van der Waals surface area contributed by atoms with E-state index in [9.17, 15) is 9.18 Å². The first-order chi connectivity index (χ1) is 10.1. The fraction of sp³-hybridized carbons (Fsp3) is 0.353. The molecule has 0 aliphatic heterocycles. The van der Waals surface area contributed by atoms with E-state index >= 15 is 0 Å². The Morgan fingerprint density at radius 3 is 2.57 bits per heavy atom. The summed E-state index contributed by atoms with van der Waals surface area (Å²) in [5.41, 5.74) is 1.32. The van der Waals surface area contributed by atoms with Gasteiger partial charge in [-0.05, 0) is 50.1 Å². The summed E-state index contributed by atoms with van der Waals surface area (Å²) in [7, 11) is 0. The SMILES string of the molecule is Cc1oc(-c2ccc(F)cc2)cc1C(=O)NC1CCCC1. The lowest BCUT2D eigenvalue weighted by Crippen LogP contribution is -2.32. The molecule has 0 spiro atoms. The van der Waals surface area contributed by atoms with E-state index in [1.807, 2.05) is 0 Å². The lowest BCUT2D eigenvalue weighted by atomic mass is 10.1. The Kier molecular flexibility index (Phi) is 3.78. The quantitative estimate of drug-likeness (QED) is 0.924. The highest BCUT2D eigenvalue weighted by atomic mass is 19.1. The third-order valence-corrected chi connectivity index (χ3v) is 3.98. The van der Waals surface area contributed by atoms with Gasteiger partial charge >= 0.3 is 0 Å². The normalized spacial score (nSPS) is 15.3. The molecule has 0 bridgehead atoms. The second-order valence-electron chi connectivity index (χ2n) is 5.54. The topological polar surface area (TPSA) is 42.2 Å². The molecule has 0 radical (unpaired) electrons. The van der Waals surface area contributed by atoms with Crippen molar-refractivity contribution in [1.82, 2.24) is 5.32 Å². The van der Waals surface area contributed by atoms with E-state index in [0.29, 0.717) is 17.1 Å². The molecule has 3 nitrogen and oxygen atoms in total. The molecule has 1 amide bonds. The number of rotatable bonds is 3. The minimum Gasteiger partial charge on any atom is -0.461 e. The lowest BCUT2D eigenvalue weighted by molar-refractivity contribution is 0.0936. The summed E-state index contributed by atoms with van der Waals surface area (Å²) in [6.07, 6.45) is 4.45. The van der Waals surface area contributed by atoms with Crippen LogP contribution >= 0.6 is 0 Å². The molecule has 1 aromatic heterocycles. The minimum atomic E-state index is -0.291. The number of aryl methyl sites for hydroxylation is 1. The highest BCUT2D eigenvalue weighted by Gasteiger charge is 2.21. The molecule has 1 saturated carbocycles. The Morgan fingerprint density at radius 1 is 1.24 bits per heavy atom. The van der Waals surface area contributed by atoms with Crippen molar-refractivity contribution in [1.29, 1.82) is 0 Å². The molecule has 3 rings (SSSR count). The predicted molar refractivity (Wildman–Crippen MR) is 78.6 cm³/mol. The average molecular weight is 287 g/mol. The van der Waals surface area contributed by atoms with Crippen LogP contribution in [0.5, 0.6) is 0 Å². The van der Waals surface area contributed by atoms with Crippen molar-refractivity contribution in [3.63, 3.8) is 0 Å². The number of benzene rings is 1. The van der Waals surface area contributed by atoms with Gasteiger partial charge in [0.05, 0.1) is 5.56 Å². The Morgan fingerprint density at radius 2 is 1.90 bits per heavy atom. The highest BCUT2D eigenvalue weighted by molar-refractivity contribution is 5.96. The van der Waals surface area contributed by atoms with Crippen LogP contribution in [0.15, 0.2) is 34.7 Å². The summed E-state index contributed by atoms with van der Waals surface area (Å²) < 4.78 is 18.6. The second-order valence-corrected chi connectivity index (χ2v) is 5.54. The summed E-state index contributed by atoms with van der Waals surface area (Å²) in [6.45, 7) is 1.77. The van der Waals surface area contributed by atoms with Crippen LogP contribution in [0.25, 0.3) is 11.3 Å². The summed E-state index contributed by atoms with van der Waals surface area (Å²) in [5.74, 6) is 0.798. The van der Waals surface area contributed by atoms with Gasteiger partial charge in [-0.15, -0.1) is 0 Å². The zero-order valence-corrected chi connectivity index (χ0v) is 12.0. The molecular formula is C17H18FNO2. The number of halogens is 1. The number of amides is 1. The third kappa shape index (κ3) is 2.99. The van der Waals surface area contributed by atoms with Gasteiger partial charge in [-0.1, -0.05) is 12.8 Å². The number of carbonyl (C=O) groups is 1. The van der Waals surface area contributed by atoms with Gasteiger partial charge < -0.3 is 9.73 Å². The second kappa shape index (κ2) is 5.72. The Balaban J connectivity index is 1.80. The molecule has 4 heteroatoms. The number of hydrogen-bond donors (Lipinski definition) is 1. The van der Waals surface area contributed by atoms with Gasteiger partial charge in [-0.2, -0.15) is 0 Å². The summed E-state index contributed by atoms with van der Waals surface area (Å²) in [5, 5.41) is 3.05. The van der Waals surface area contributed by atoms with E-state index in [1.165, 1.54) is 25.0 Å². The Labute approximate surface area is 123 Å². The molecule has 1 aliphatic rings. The Bertz CT molecular complexity index is 639. The van der Waals surface area contributed by atoms with E-state index in [2.05, 4.69) is 5.32 Å². The van der Waals surface area contributed by atoms with Crippen molar-refractivity contribution in [3.8, 4) is 11.3 Å². The minimum absolute atomic E-state index is 0.0866. The first-order valence-electron chi connectivity index (χ1n) is 7.31. The van der Waals surface area contributed by atoms with Crippen LogP contribution in [0, 0.1) is 12.7 Å². The molecule has 0 saturated heterocycles. The maximum atomic E-state index is 12.9. The molecule has 1 aliphatic carbocycles. The van der Waals surface area contributed by atoms with Gasteiger partial charge in [0.25, 0.3) is 5.91 Å². The Hall–Kier alpha value is -2.10. The summed E-state index contributed by atoms with van der Waals surface area (Å²) >= 11 is 0. The average Bonchev–Trinajstić information content (AvgIpc) is 3.09. The molecule has 1 heterocycles. The van der Waals surface area contributed by atoms with E-state index in [-0.39, 0.29) is 17.8 Å². The molecule has 0 atom stereocenters. The van der Waals surface area contributed by atoms with Gasteiger partial charge in [0.1, 0.15) is 17.3 Å². The molecule has 1 N–H and O–H groups in total. The van der Waals surface area contributed by atoms with Crippen LogP contribution in [0.3, 0.4) is 0 Å². The lowest BCUT2D eigenvalue weighted by Gasteiger charge is -2.10. The monoisotopic (exact) mass is 287 g/mol. The van der Waals surface area contributed by atoms with Crippen LogP contribution in [0.4, 0.5) is 4.39 Å². The molecular weight excluding hydrogens is 269 g/mol. The fourth-order valence-electron chi connectivity index (χ4n) is 2.80. The fourth-order valence-corrected chi connectivity index (χ4v) is 2.80. The molecule has 1 aromatic carbocycles. The van der Waals surface area contributed by atoms with Crippen molar-refractivity contribution < 1.29 is 13.6 Å². The molecule has 1 fully saturated rings. The smallest absolute Gasteiger partial charge is 0.255 e. The van der Waals surface area contributed by atoms with E-state index in [0.717, 1.165) is 18.4 Å². The molecule has 21 heavy (non-hydrogen) atoms. The summed E-state index contributed by atoms with van der Waals surface area (Å²) in [6, 6.07) is 8.06. The van der Waals surface area contributed by atoms with Crippen molar-refractivity contribution in [2.24, 2.45) is 0 Å². The van der Waals surface area contributed by atoms with E-state index in [1.54, 1.807) is 25.1 Å². The maximum Gasteiger partial charge on any atom is 0.255 e. The maximum absolute atomic E-state index is 12.9. The van der Waals surface area contributed by atoms with Gasteiger partial charge in [-0.3, -0.25) is 4.79 Å². The van der Waals surface area contributed by atoms with Crippen molar-refractivity contribution in [3.05, 3.63) is 47.5 Å². The van der Waals surface area contributed by atoms with Gasteiger partial charge in [-0.25, -0.2) is 4.39 Å². The number of carbonyl (C=O) groups excluding carboxylic acids is 1. The number of nitrogens with one attached hydrogen (secondary N) is 1. The van der Waals surface area contributed by atoms with E-state index in [4.69, 9.17) is 4.42 Å². The van der Waals surface area contributed by atoms with Crippen LogP contribution in [0.2, 0.25) is 0 Å². The largest absolute Gasteiger partial charge is 0.461 e. The van der Waals surface area contributed by atoms with Crippen molar-refractivity contribution in [2.75, 3.05) is 0 Å². The van der Waals surface area contributed by atoms with Crippen LogP contribution in [-0.4, -0.2) is 11.9 Å². The van der Waals surface area contributed by atoms with Crippen molar-refractivity contribution >= 4 is 5.91 Å². The van der Waals surface area contributed by atoms with Crippen LogP contribution < -0.4 is 5.32 Å². The highest BCUT2D eigenvalue weighted by Crippen LogP contribution is 2.26. The van der Waals surface area contributed by atoms with Gasteiger partial charge in [0, 0.05) is 11.6 Å². The van der Waals surface area contributed by atoms with Gasteiger partial charge in [0.2, 0.25) is 0 Å². The number of furan rings is 1. The molecule has 2 aromatic rings. The zero-order chi connectivity index (χ0) is 14.8. The van der Waals surface area contributed by atoms with Crippen molar-refractivity contribution in [2.45, 2.75) is 38.6 Å². The van der Waals surface area contributed by atoms with Crippen LogP contribution in [-0.2, 0) is 0 Å². The first kappa shape index (κ1) is 13.9. The molecule has 110 valence electrons. The third-order valence-electron chi connectivity index (χ3n) is 3.98. The van der Waals surface area contributed by atoms with E-state index < -0.39 is 0 Å². The standard InChI is InChI=1S/C17H18FNO2/c1-11-15(17(20)19-14-4-2-3-5-14)10-16(21-11)12-6-8-13(18)9-7-12/h6-10,14H,2-5H2,1H3,(H,19,20). The predicted octanol–water partition coefficient (Wildman–Crippen LogP) is 4.07. The van der Waals surface area contributed by atoms with Gasteiger partial charge in [0.15, 0.2) is 0 Å².